The van der Waals surface area contributed by atoms with Gasteiger partial charge in [0.25, 0.3) is 0 Å². The molecule has 1 N–H and O–H groups in total. The molecule has 5 rings (SSSR count). The number of carbonyl (C=O) groups is 1. The van der Waals surface area contributed by atoms with E-state index in [0.29, 0.717) is 23.3 Å². The molecule has 0 fully saturated rings. The van der Waals surface area contributed by atoms with E-state index in [-0.39, 0.29) is 12.3 Å². The smallest absolute Gasteiger partial charge is 0.247 e. The highest BCUT2D eigenvalue weighted by atomic mass is 32.1. The lowest BCUT2D eigenvalue weighted by atomic mass is 10.1. The molecule has 2 heterocycles. The van der Waals surface area contributed by atoms with Gasteiger partial charge in [-0.25, -0.2) is 4.98 Å². The van der Waals surface area contributed by atoms with E-state index in [1.807, 2.05) is 35.7 Å². The molecule has 0 saturated heterocycles. The zero-order valence-electron chi connectivity index (χ0n) is 16.3. The van der Waals surface area contributed by atoms with Gasteiger partial charge >= 0.3 is 0 Å². The number of aryl methyl sites for hydroxylation is 3. The largest absolute Gasteiger partial charge is 0.421 e. The van der Waals surface area contributed by atoms with Crippen LogP contribution in [0.15, 0.2) is 58.3 Å². The van der Waals surface area contributed by atoms with Crippen LogP contribution < -0.4 is 5.32 Å². The minimum Gasteiger partial charge on any atom is -0.421 e. The van der Waals surface area contributed by atoms with Crippen LogP contribution in [0.5, 0.6) is 0 Å². The van der Waals surface area contributed by atoms with E-state index in [1.54, 1.807) is 0 Å². The van der Waals surface area contributed by atoms with Crippen LogP contribution in [0.2, 0.25) is 0 Å². The second kappa shape index (κ2) is 8.20. The molecule has 7 heteroatoms. The van der Waals surface area contributed by atoms with Crippen LogP contribution in [0, 0.1) is 0 Å². The Bertz CT molecular complexity index is 1180. The van der Waals surface area contributed by atoms with Crippen LogP contribution in [0.25, 0.3) is 22.7 Å². The zero-order chi connectivity index (χ0) is 20.3. The average molecular weight is 417 g/mol. The van der Waals surface area contributed by atoms with E-state index in [4.69, 9.17) is 4.42 Å². The fourth-order valence-electron chi connectivity index (χ4n) is 3.65. The maximum absolute atomic E-state index is 12.3. The fourth-order valence-corrected chi connectivity index (χ4v) is 4.39. The number of carbonyl (C=O) groups excluding carboxylic acids is 1. The van der Waals surface area contributed by atoms with Crippen LogP contribution in [0.1, 0.15) is 29.9 Å². The predicted octanol–water partition coefficient (Wildman–Crippen LogP) is 4.92. The van der Waals surface area contributed by atoms with Crippen molar-refractivity contribution >= 4 is 22.4 Å². The summed E-state index contributed by atoms with van der Waals surface area (Å²) in [4.78, 5) is 16.9. The lowest BCUT2D eigenvalue weighted by Gasteiger charge is -2.02. The topological polar surface area (TPSA) is 80.9 Å². The summed E-state index contributed by atoms with van der Waals surface area (Å²) in [5.41, 5.74) is 5.73. The number of thiazole rings is 1. The molecular weight excluding hydrogens is 396 g/mol. The van der Waals surface area contributed by atoms with Gasteiger partial charge in [-0.3, -0.25) is 4.79 Å². The number of rotatable bonds is 6. The van der Waals surface area contributed by atoms with Gasteiger partial charge in [-0.2, -0.15) is 0 Å². The molecule has 2 aromatic heterocycles. The zero-order valence-corrected chi connectivity index (χ0v) is 17.1. The highest BCUT2D eigenvalue weighted by Crippen LogP contribution is 2.30. The quantitative estimate of drug-likeness (QED) is 0.482. The fraction of sp³-hybridized carbons (Fsp3) is 0.217. The van der Waals surface area contributed by atoms with Gasteiger partial charge in [-0.15, -0.1) is 21.5 Å². The number of nitrogens with zero attached hydrogens (tertiary/aromatic N) is 3. The first-order valence-corrected chi connectivity index (χ1v) is 10.9. The predicted molar refractivity (Wildman–Crippen MR) is 116 cm³/mol. The third-order valence-electron chi connectivity index (χ3n) is 5.20. The van der Waals surface area contributed by atoms with E-state index in [1.165, 1.54) is 35.3 Å². The van der Waals surface area contributed by atoms with Gasteiger partial charge in [0.05, 0.1) is 5.69 Å². The Hall–Kier alpha value is -3.32. The van der Waals surface area contributed by atoms with E-state index in [9.17, 15) is 4.79 Å². The van der Waals surface area contributed by atoms with Crippen molar-refractivity contribution in [3.05, 3.63) is 70.9 Å². The van der Waals surface area contributed by atoms with Crippen LogP contribution in [-0.2, 0) is 24.1 Å². The number of fused-ring (bicyclic) bond motifs is 1. The first-order valence-electron chi connectivity index (χ1n) is 10.00. The summed E-state index contributed by atoms with van der Waals surface area (Å²) in [6.45, 7) is 0. The van der Waals surface area contributed by atoms with Crippen molar-refractivity contribution < 1.29 is 9.21 Å². The minimum atomic E-state index is -0.121. The monoisotopic (exact) mass is 416 g/mol. The molecule has 1 amide bonds. The third kappa shape index (κ3) is 4.02. The van der Waals surface area contributed by atoms with Gasteiger partial charge in [-0.1, -0.05) is 30.3 Å². The van der Waals surface area contributed by atoms with Crippen LogP contribution in [-0.4, -0.2) is 21.1 Å². The van der Waals surface area contributed by atoms with Gasteiger partial charge in [0, 0.05) is 29.3 Å². The molecule has 2 aromatic carbocycles. The van der Waals surface area contributed by atoms with E-state index >= 15 is 0 Å². The molecule has 1 aliphatic carbocycles. The molecule has 0 aliphatic heterocycles. The molecule has 6 nitrogen and oxygen atoms in total. The van der Waals surface area contributed by atoms with Crippen molar-refractivity contribution in [2.45, 2.75) is 32.1 Å². The van der Waals surface area contributed by atoms with Crippen molar-refractivity contribution in [1.82, 2.24) is 15.2 Å². The summed E-state index contributed by atoms with van der Waals surface area (Å²) in [6.07, 6.45) is 4.17. The molecule has 0 unspecified atom stereocenters. The summed E-state index contributed by atoms with van der Waals surface area (Å²) < 4.78 is 5.65. The number of anilines is 1. The van der Waals surface area contributed by atoms with Gasteiger partial charge < -0.3 is 9.73 Å². The maximum atomic E-state index is 12.3. The van der Waals surface area contributed by atoms with E-state index in [0.717, 1.165) is 23.2 Å². The molecule has 0 bridgehead atoms. The van der Waals surface area contributed by atoms with Crippen LogP contribution in [0.4, 0.5) is 5.13 Å². The average Bonchev–Trinajstić information content (AvgIpc) is 3.53. The highest BCUT2D eigenvalue weighted by Gasteiger charge is 2.14. The number of amides is 1. The lowest BCUT2D eigenvalue weighted by Crippen LogP contribution is -2.12. The number of hydrogen-bond donors (Lipinski definition) is 1. The van der Waals surface area contributed by atoms with E-state index < -0.39 is 0 Å². The van der Waals surface area contributed by atoms with Gasteiger partial charge in [-0.05, 0) is 48.6 Å². The molecule has 30 heavy (non-hydrogen) atoms. The normalized spacial score (nSPS) is 12.7. The Morgan fingerprint density at radius 2 is 1.90 bits per heavy atom. The minimum absolute atomic E-state index is 0.121. The first kappa shape index (κ1) is 18.7. The Labute approximate surface area is 178 Å². The lowest BCUT2D eigenvalue weighted by molar-refractivity contribution is -0.116. The Morgan fingerprint density at radius 3 is 2.80 bits per heavy atom. The number of benzene rings is 2. The Morgan fingerprint density at radius 1 is 1.03 bits per heavy atom. The molecule has 4 aromatic rings. The summed E-state index contributed by atoms with van der Waals surface area (Å²) >= 11 is 1.43. The third-order valence-corrected chi connectivity index (χ3v) is 5.96. The molecule has 150 valence electrons. The SMILES string of the molecule is O=C(CCc1nnc(-c2ccccc2)o1)Nc1nc(-c2ccc3c(c2)CCC3)cs1. The van der Waals surface area contributed by atoms with E-state index in [2.05, 4.69) is 38.7 Å². The summed E-state index contributed by atoms with van der Waals surface area (Å²) in [6, 6.07) is 16.1. The summed E-state index contributed by atoms with van der Waals surface area (Å²) in [5, 5.41) is 13.5. The van der Waals surface area contributed by atoms with Crippen molar-refractivity contribution in [3.8, 4) is 22.7 Å². The van der Waals surface area contributed by atoms with Crippen molar-refractivity contribution in [1.29, 1.82) is 0 Å². The first-order chi connectivity index (χ1) is 14.7. The molecule has 0 atom stereocenters. The van der Waals surface area contributed by atoms with Crippen LogP contribution in [0.3, 0.4) is 0 Å². The number of nitrogens with one attached hydrogen (secondary N) is 1. The second-order valence-electron chi connectivity index (χ2n) is 7.29. The maximum Gasteiger partial charge on any atom is 0.247 e. The second-order valence-corrected chi connectivity index (χ2v) is 8.15. The molecule has 1 aliphatic rings. The number of hydrogen-bond acceptors (Lipinski definition) is 6. The van der Waals surface area contributed by atoms with Crippen molar-refractivity contribution in [2.24, 2.45) is 0 Å². The summed E-state index contributed by atoms with van der Waals surface area (Å²) in [5.74, 6) is 0.788. The van der Waals surface area contributed by atoms with Crippen LogP contribution >= 0.6 is 11.3 Å². The Kier molecular flexibility index (Phi) is 5.11. The van der Waals surface area contributed by atoms with Crippen molar-refractivity contribution in [2.75, 3.05) is 5.32 Å². The standard InChI is InChI=1S/C23H20N4O2S/c28-20(11-12-21-26-27-22(29-21)16-5-2-1-3-6-16)25-23-24-19(14-30-23)18-10-9-15-7-4-8-17(15)13-18/h1-3,5-6,9-10,13-14H,4,7-8,11-12H2,(H,24,25,28). The van der Waals surface area contributed by atoms with Gasteiger partial charge in [0.2, 0.25) is 17.7 Å². The Balaban J connectivity index is 1.18. The molecule has 0 radical (unpaired) electrons. The highest BCUT2D eigenvalue weighted by molar-refractivity contribution is 7.14. The summed E-state index contributed by atoms with van der Waals surface area (Å²) in [7, 11) is 0. The van der Waals surface area contributed by atoms with Gasteiger partial charge in [0.1, 0.15) is 0 Å². The molecule has 0 spiro atoms. The molecular formula is C23H20N4O2S. The number of aromatic nitrogens is 3. The molecule has 0 saturated carbocycles. The van der Waals surface area contributed by atoms with Gasteiger partial charge in [0.15, 0.2) is 5.13 Å². The van der Waals surface area contributed by atoms with Crippen molar-refractivity contribution in [3.63, 3.8) is 0 Å².